The van der Waals surface area contributed by atoms with Gasteiger partial charge in [0.2, 0.25) is 0 Å². The van der Waals surface area contributed by atoms with E-state index in [0.717, 1.165) is 37.9 Å². The fourth-order valence-corrected chi connectivity index (χ4v) is 4.44. The molecule has 1 aliphatic rings. The Morgan fingerprint density at radius 2 is 1.59 bits per heavy atom. The maximum absolute atomic E-state index is 5.73. The van der Waals surface area contributed by atoms with E-state index in [0.29, 0.717) is 0 Å². The van der Waals surface area contributed by atoms with Gasteiger partial charge in [0.1, 0.15) is 0 Å². The molecule has 0 saturated carbocycles. The van der Waals surface area contributed by atoms with E-state index in [4.69, 9.17) is 8.85 Å². The van der Waals surface area contributed by atoms with Crippen molar-refractivity contribution in [3.05, 3.63) is 0 Å². The Labute approximate surface area is 108 Å². The molecule has 0 aromatic rings. The lowest BCUT2D eigenvalue weighted by molar-refractivity contribution is 0.105. The van der Waals surface area contributed by atoms with Crippen molar-refractivity contribution >= 4 is 9.28 Å². The average molecular weight is 259 g/mol. The van der Waals surface area contributed by atoms with E-state index in [9.17, 15) is 0 Å². The van der Waals surface area contributed by atoms with Crippen LogP contribution in [-0.4, -0.2) is 46.0 Å². The van der Waals surface area contributed by atoms with Gasteiger partial charge in [-0.25, -0.2) is 0 Å². The lowest BCUT2D eigenvalue weighted by Crippen LogP contribution is -2.45. The summed E-state index contributed by atoms with van der Waals surface area (Å²) >= 11 is 0. The van der Waals surface area contributed by atoms with E-state index in [-0.39, 0.29) is 0 Å². The summed E-state index contributed by atoms with van der Waals surface area (Å²) in [4.78, 5) is 2.64. The highest BCUT2D eigenvalue weighted by Gasteiger charge is 2.25. The van der Waals surface area contributed by atoms with E-state index < -0.39 is 9.28 Å². The minimum Gasteiger partial charge on any atom is -0.397 e. The summed E-state index contributed by atoms with van der Waals surface area (Å²) in [5.41, 5.74) is 0. The Kier molecular flexibility index (Phi) is 7.35. The number of hydrogen-bond acceptors (Lipinski definition) is 3. The number of likely N-dealkylation sites (tertiary alicyclic amines) is 1. The van der Waals surface area contributed by atoms with Crippen molar-refractivity contribution in [1.82, 2.24) is 4.90 Å². The highest BCUT2D eigenvalue weighted by atomic mass is 28.3. The molecule has 1 aliphatic heterocycles. The first-order chi connectivity index (χ1) is 8.19. The summed E-state index contributed by atoms with van der Waals surface area (Å²) in [5, 5.41) is 0. The summed E-state index contributed by atoms with van der Waals surface area (Å²) in [7, 11) is -1.40. The minimum absolute atomic E-state index is 0.733. The topological polar surface area (TPSA) is 21.7 Å². The van der Waals surface area contributed by atoms with Crippen molar-refractivity contribution in [3.63, 3.8) is 0 Å². The molecule has 0 spiro atoms. The summed E-state index contributed by atoms with van der Waals surface area (Å²) in [6.45, 7) is 11.6. The molecule has 2 atom stereocenters. The van der Waals surface area contributed by atoms with Gasteiger partial charge >= 0.3 is 9.28 Å². The van der Waals surface area contributed by atoms with Crippen LogP contribution in [0.25, 0.3) is 0 Å². The van der Waals surface area contributed by atoms with Gasteiger partial charge in [-0.15, -0.1) is 0 Å². The molecule has 0 aliphatic carbocycles. The van der Waals surface area contributed by atoms with Crippen molar-refractivity contribution < 1.29 is 8.85 Å². The minimum atomic E-state index is -1.40. The highest BCUT2D eigenvalue weighted by molar-refractivity contribution is 6.44. The molecule has 1 rings (SSSR count). The molecule has 1 saturated heterocycles. The number of hydrogen-bond donors (Lipinski definition) is 0. The molecule has 0 aromatic heterocycles. The maximum Gasteiger partial charge on any atom is 0.322 e. The predicted octanol–water partition coefficient (Wildman–Crippen LogP) is 2.54. The number of nitrogens with zero attached hydrogens (tertiary/aromatic N) is 1. The lowest BCUT2D eigenvalue weighted by atomic mass is 9.98. The lowest BCUT2D eigenvalue weighted by Gasteiger charge is -2.39. The van der Waals surface area contributed by atoms with Gasteiger partial charge in [0.25, 0.3) is 0 Å². The van der Waals surface area contributed by atoms with E-state index in [2.05, 4.69) is 32.6 Å². The Morgan fingerprint density at radius 3 is 2.06 bits per heavy atom. The van der Waals surface area contributed by atoms with Crippen LogP contribution in [0, 0.1) is 0 Å². The van der Waals surface area contributed by atoms with Crippen molar-refractivity contribution in [2.24, 2.45) is 0 Å². The first kappa shape index (κ1) is 15.2. The van der Waals surface area contributed by atoms with E-state index in [1.807, 2.05) is 0 Å². The van der Waals surface area contributed by atoms with Crippen LogP contribution in [0.15, 0.2) is 0 Å². The Bertz CT molecular complexity index is 188. The zero-order valence-corrected chi connectivity index (χ0v) is 13.1. The number of rotatable bonds is 7. The molecule has 0 N–H and O–H groups in total. The molecule has 1 heterocycles. The highest BCUT2D eigenvalue weighted by Crippen LogP contribution is 2.22. The molecule has 0 bridgehead atoms. The standard InChI is InChI=1S/C13H29NO2Si/c1-5-15-17(16-6-2)11-10-14-12(3)8-7-9-13(14)4/h12-13,17H,5-11H2,1-4H3/t12-,13+. The second-order valence-electron chi connectivity index (χ2n) is 5.00. The van der Waals surface area contributed by atoms with Crippen LogP contribution in [-0.2, 0) is 8.85 Å². The molecule has 0 radical (unpaired) electrons. The molecule has 4 heteroatoms. The predicted molar refractivity (Wildman–Crippen MR) is 74.7 cm³/mol. The molecule has 17 heavy (non-hydrogen) atoms. The molecule has 0 aromatic carbocycles. The third kappa shape index (κ3) is 5.08. The van der Waals surface area contributed by atoms with Crippen LogP contribution in [0.2, 0.25) is 6.04 Å². The Morgan fingerprint density at radius 1 is 1.06 bits per heavy atom. The summed E-state index contributed by atoms with van der Waals surface area (Å²) in [5.74, 6) is 0. The van der Waals surface area contributed by atoms with Gasteiger partial charge in [0.05, 0.1) is 0 Å². The molecule has 0 amide bonds. The Balaban J connectivity index is 2.35. The van der Waals surface area contributed by atoms with Crippen LogP contribution in [0.3, 0.4) is 0 Å². The zero-order chi connectivity index (χ0) is 12.7. The summed E-state index contributed by atoms with van der Waals surface area (Å²) < 4.78 is 11.5. The average Bonchev–Trinajstić information content (AvgIpc) is 2.29. The van der Waals surface area contributed by atoms with Gasteiger partial charge in [-0.1, -0.05) is 6.42 Å². The van der Waals surface area contributed by atoms with Crippen LogP contribution in [0.1, 0.15) is 47.0 Å². The molecule has 0 unspecified atom stereocenters. The van der Waals surface area contributed by atoms with Gasteiger partial charge in [-0.2, -0.15) is 0 Å². The third-order valence-corrected chi connectivity index (χ3v) is 5.84. The third-order valence-electron chi connectivity index (χ3n) is 3.70. The second-order valence-corrected chi connectivity index (χ2v) is 7.10. The number of piperidine rings is 1. The van der Waals surface area contributed by atoms with Gasteiger partial charge in [-0.3, -0.25) is 4.90 Å². The molecular formula is C13H29NO2Si. The van der Waals surface area contributed by atoms with Crippen molar-refractivity contribution in [2.45, 2.75) is 65.1 Å². The molecule has 3 nitrogen and oxygen atoms in total. The van der Waals surface area contributed by atoms with Crippen LogP contribution in [0.5, 0.6) is 0 Å². The molecule has 1 fully saturated rings. The SMILES string of the molecule is CCO[SiH](CCN1[C@H](C)CCC[C@@H]1C)OCC. The van der Waals surface area contributed by atoms with Gasteiger partial charge in [0, 0.05) is 37.9 Å². The summed E-state index contributed by atoms with van der Waals surface area (Å²) in [6, 6.07) is 2.59. The summed E-state index contributed by atoms with van der Waals surface area (Å²) in [6.07, 6.45) is 4.08. The largest absolute Gasteiger partial charge is 0.397 e. The van der Waals surface area contributed by atoms with Gasteiger partial charge in [0.15, 0.2) is 0 Å². The smallest absolute Gasteiger partial charge is 0.322 e. The molecule has 102 valence electrons. The van der Waals surface area contributed by atoms with Crippen LogP contribution in [0.4, 0.5) is 0 Å². The zero-order valence-electron chi connectivity index (χ0n) is 11.9. The fraction of sp³-hybridized carbons (Fsp3) is 1.00. The Hall–Kier alpha value is 0.0969. The van der Waals surface area contributed by atoms with E-state index in [1.165, 1.54) is 19.3 Å². The van der Waals surface area contributed by atoms with Gasteiger partial charge < -0.3 is 8.85 Å². The fourth-order valence-electron chi connectivity index (χ4n) is 2.76. The van der Waals surface area contributed by atoms with Crippen molar-refractivity contribution in [3.8, 4) is 0 Å². The second kappa shape index (κ2) is 8.24. The quantitative estimate of drug-likeness (QED) is 0.656. The maximum atomic E-state index is 5.73. The molecular weight excluding hydrogens is 230 g/mol. The first-order valence-electron chi connectivity index (χ1n) is 7.18. The van der Waals surface area contributed by atoms with Crippen molar-refractivity contribution in [1.29, 1.82) is 0 Å². The monoisotopic (exact) mass is 259 g/mol. The van der Waals surface area contributed by atoms with Gasteiger partial charge in [-0.05, 0) is 40.5 Å². The van der Waals surface area contributed by atoms with E-state index >= 15 is 0 Å². The van der Waals surface area contributed by atoms with E-state index in [1.54, 1.807) is 0 Å². The normalized spacial score (nSPS) is 26.6. The van der Waals surface area contributed by atoms with Crippen LogP contribution < -0.4 is 0 Å². The first-order valence-corrected chi connectivity index (χ1v) is 8.93. The van der Waals surface area contributed by atoms with Crippen LogP contribution >= 0.6 is 0 Å². The van der Waals surface area contributed by atoms with Crippen molar-refractivity contribution in [2.75, 3.05) is 19.8 Å².